The summed E-state index contributed by atoms with van der Waals surface area (Å²) in [6.07, 6.45) is 0. The first-order valence-corrected chi connectivity index (χ1v) is 8.59. The lowest BCUT2D eigenvalue weighted by molar-refractivity contribution is 0.0735. The second kappa shape index (κ2) is 8.14. The molecule has 3 aromatic rings. The molecule has 0 atom stereocenters. The molecule has 0 aromatic heterocycles. The van der Waals surface area contributed by atoms with E-state index >= 15 is 0 Å². The van der Waals surface area contributed by atoms with Gasteiger partial charge in [-0.25, -0.2) is 4.79 Å². The van der Waals surface area contributed by atoms with Crippen molar-refractivity contribution in [1.82, 2.24) is 0 Å². The van der Waals surface area contributed by atoms with Crippen LogP contribution < -0.4 is 9.47 Å². The summed E-state index contributed by atoms with van der Waals surface area (Å²) in [4.78, 5) is 12.4. The van der Waals surface area contributed by atoms with Gasteiger partial charge in [0.25, 0.3) is 0 Å². The molecule has 0 bridgehead atoms. The van der Waals surface area contributed by atoms with Gasteiger partial charge in [0.05, 0.1) is 16.6 Å². The molecule has 0 saturated carbocycles. The van der Waals surface area contributed by atoms with E-state index in [1.807, 2.05) is 36.4 Å². The molecular formula is C20H17BrO4. The second-order valence-electron chi connectivity index (χ2n) is 5.38. The van der Waals surface area contributed by atoms with Gasteiger partial charge in [0.1, 0.15) is 18.1 Å². The molecule has 0 aliphatic carbocycles. The van der Waals surface area contributed by atoms with Gasteiger partial charge in [0.2, 0.25) is 0 Å². The maximum atomic E-state index is 12.4. The van der Waals surface area contributed by atoms with Gasteiger partial charge in [0, 0.05) is 7.11 Å². The summed E-state index contributed by atoms with van der Waals surface area (Å²) in [5.74, 6) is 0.749. The van der Waals surface area contributed by atoms with Gasteiger partial charge in [-0.1, -0.05) is 30.3 Å². The lowest BCUT2D eigenvalue weighted by Gasteiger charge is -2.10. The fraction of sp³-hybridized carbons (Fsp3) is 0.150. The SMILES string of the molecule is COCCOc1ccc(C(=O)Oc2ccc3ccccc3c2)cc1Br. The molecule has 0 N–H and O–H groups in total. The van der Waals surface area contributed by atoms with Gasteiger partial charge in [-0.15, -0.1) is 0 Å². The zero-order chi connectivity index (χ0) is 17.6. The fourth-order valence-corrected chi connectivity index (χ4v) is 2.87. The Morgan fingerprint density at radius 3 is 2.52 bits per heavy atom. The van der Waals surface area contributed by atoms with Crippen molar-refractivity contribution < 1.29 is 19.0 Å². The summed E-state index contributed by atoms with van der Waals surface area (Å²) in [6.45, 7) is 0.939. The van der Waals surface area contributed by atoms with Crippen LogP contribution in [0.25, 0.3) is 10.8 Å². The number of halogens is 1. The third kappa shape index (κ3) is 4.38. The zero-order valence-corrected chi connectivity index (χ0v) is 15.3. The van der Waals surface area contributed by atoms with Crippen molar-refractivity contribution in [2.75, 3.05) is 20.3 Å². The molecule has 5 heteroatoms. The second-order valence-corrected chi connectivity index (χ2v) is 6.24. The van der Waals surface area contributed by atoms with Crippen molar-refractivity contribution >= 4 is 32.7 Å². The number of esters is 1. The minimum absolute atomic E-state index is 0.417. The molecule has 0 aliphatic heterocycles. The molecule has 3 aromatic carbocycles. The predicted octanol–water partition coefficient (Wildman–Crippen LogP) is 4.85. The quantitative estimate of drug-likeness (QED) is 0.337. The molecule has 128 valence electrons. The van der Waals surface area contributed by atoms with Crippen molar-refractivity contribution in [1.29, 1.82) is 0 Å². The minimum atomic E-state index is -0.417. The van der Waals surface area contributed by atoms with Crippen LogP contribution in [0.1, 0.15) is 10.4 Å². The first-order valence-electron chi connectivity index (χ1n) is 7.79. The van der Waals surface area contributed by atoms with Crippen LogP contribution in [0.5, 0.6) is 11.5 Å². The lowest BCUT2D eigenvalue weighted by atomic mass is 10.1. The number of hydrogen-bond acceptors (Lipinski definition) is 4. The van der Waals surface area contributed by atoms with Crippen molar-refractivity contribution in [3.05, 3.63) is 70.7 Å². The normalized spacial score (nSPS) is 10.6. The average Bonchev–Trinajstić information content (AvgIpc) is 2.63. The van der Waals surface area contributed by atoms with E-state index in [9.17, 15) is 4.79 Å². The summed E-state index contributed by atoms with van der Waals surface area (Å²) in [7, 11) is 1.62. The Morgan fingerprint density at radius 2 is 1.76 bits per heavy atom. The molecule has 0 fully saturated rings. The van der Waals surface area contributed by atoms with Crippen LogP contribution in [0.2, 0.25) is 0 Å². The summed E-state index contributed by atoms with van der Waals surface area (Å²) in [5, 5.41) is 2.12. The van der Waals surface area contributed by atoms with Gasteiger partial charge in [0.15, 0.2) is 0 Å². The molecule has 0 amide bonds. The molecule has 0 saturated heterocycles. The molecular weight excluding hydrogens is 384 g/mol. The number of hydrogen-bond donors (Lipinski definition) is 0. The molecule has 0 heterocycles. The van der Waals surface area contributed by atoms with Gasteiger partial charge in [-0.3, -0.25) is 0 Å². The number of benzene rings is 3. The molecule has 0 aliphatic rings. The van der Waals surface area contributed by atoms with Crippen molar-refractivity contribution in [2.24, 2.45) is 0 Å². The van der Waals surface area contributed by atoms with Crippen LogP contribution in [0.15, 0.2) is 65.1 Å². The summed E-state index contributed by atoms with van der Waals surface area (Å²) in [5.41, 5.74) is 0.444. The number of rotatable bonds is 6. The number of ether oxygens (including phenoxy) is 3. The molecule has 0 radical (unpaired) electrons. The van der Waals surface area contributed by atoms with E-state index in [4.69, 9.17) is 14.2 Å². The molecule has 25 heavy (non-hydrogen) atoms. The molecule has 0 unspecified atom stereocenters. The number of methoxy groups -OCH3 is 1. The molecule has 0 spiro atoms. The number of carbonyl (C=O) groups is 1. The Labute approximate surface area is 154 Å². The van der Waals surface area contributed by atoms with Crippen LogP contribution in [-0.2, 0) is 4.74 Å². The van der Waals surface area contributed by atoms with Crippen LogP contribution >= 0.6 is 15.9 Å². The number of fused-ring (bicyclic) bond motifs is 1. The fourth-order valence-electron chi connectivity index (χ4n) is 2.38. The number of carbonyl (C=O) groups excluding carboxylic acids is 1. The third-order valence-electron chi connectivity index (χ3n) is 3.64. The maximum Gasteiger partial charge on any atom is 0.343 e. The maximum absolute atomic E-state index is 12.4. The standard InChI is InChI=1S/C20H17BrO4/c1-23-10-11-24-19-9-7-16(13-18(19)21)20(22)25-17-8-6-14-4-2-3-5-15(14)12-17/h2-9,12-13H,10-11H2,1H3. The largest absolute Gasteiger partial charge is 0.490 e. The molecule has 3 rings (SSSR count). The van der Waals surface area contributed by atoms with Gasteiger partial charge in [-0.2, -0.15) is 0 Å². The first-order chi connectivity index (χ1) is 12.2. The lowest BCUT2D eigenvalue weighted by Crippen LogP contribution is -2.09. The van der Waals surface area contributed by atoms with E-state index in [1.54, 1.807) is 31.4 Å². The van der Waals surface area contributed by atoms with Gasteiger partial charge >= 0.3 is 5.97 Å². The van der Waals surface area contributed by atoms with E-state index in [1.165, 1.54) is 0 Å². The smallest absolute Gasteiger partial charge is 0.343 e. The topological polar surface area (TPSA) is 44.8 Å². The van der Waals surface area contributed by atoms with E-state index in [2.05, 4.69) is 15.9 Å². The third-order valence-corrected chi connectivity index (χ3v) is 4.26. The Morgan fingerprint density at radius 1 is 0.960 bits per heavy atom. The van der Waals surface area contributed by atoms with Gasteiger partial charge in [-0.05, 0) is 57.0 Å². The van der Waals surface area contributed by atoms with E-state index in [0.29, 0.717) is 34.7 Å². The summed E-state index contributed by atoms with van der Waals surface area (Å²) < 4.78 is 16.7. The predicted molar refractivity (Wildman–Crippen MR) is 100 cm³/mol. The monoisotopic (exact) mass is 400 g/mol. The van der Waals surface area contributed by atoms with Crippen LogP contribution in [0.3, 0.4) is 0 Å². The van der Waals surface area contributed by atoms with Gasteiger partial charge < -0.3 is 14.2 Å². The highest BCUT2D eigenvalue weighted by Gasteiger charge is 2.12. The van der Waals surface area contributed by atoms with Crippen molar-refractivity contribution in [3.8, 4) is 11.5 Å². The van der Waals surface area contributed by atoms with Crippen LogP contribution in [0.4, 0.5) is 0 Å². The summed E-state index contributed by atoms with van der Waals surface area (Å²) >= 11 is 3.41. The van der Waals surface area contributed by atoms with E-state index < -0.39 is 5.97 Å². The van der Waals surface area contributed by atoms with E-state index in [-0.39, 0.29) is 0 Å². The van der Waals surface area contributed by atoms with E-state index in [0.717, 1.165) is 10.8 Å². The highest BCUT2D eigenvalue weighted by molar-refractivity contribution is 9.10. The average molecular weight is 401 g/mol. The van der Waals surface area contributed by atoms with Crippen molar-refractivity contribution in [2.45, 2.75) is 0 Å². The molecule has 4 nitrogen and oxygen atoms in total. The Bertz CT molecular complexity index is 892. The van der Waals surface area contributed by atoms with Crippen LogP contribution in [0, 0.1) is 0 Å². The minimum Gasteiger partial charge on any atom is -0.490 e. The zero-order valence-electron chi connectivity index (χ0n) is 13.7. The summed E-state index contributed by atoms with van der Waals surface area (Å²) in [6, 6.07) is 18.6. The van der Waals surface area contributed by atoms with Crippen molar-refractivity contribution in [3.63, 3.8) is 0 Å². The first kappa shape index (κ1) is 17.5. The Balaban J connectivity index is 1.72. The van der Waals surface area contributed by atoms with Crippen LogP contribution in [-0.4, -0.2) is 26.3 Å². The highest BCUT2D eigenvalue weighted by Crippen LogP contribution is 2.27. The Hall–Kier alpha value is -2.37. The Kier molecular flexibility index (Phi) is 5.68. The highest BCUT2D eigenvalue weighted by atomic mass is 79.9.